The monoisotopic (exact) mass is 456 g/mol. The number of nitrogens with zero attached hydrogens (tertiary/aromatic N) is 4. The average Bonchev–Trinajstić information content (AvgIpc) is 2.81. The molecule has 0 radical (unpaired) electrons. The molecule has 3 rings (SSSR count). The van der Waals surface area contributed by atoms with Crippen LogP contribution in [-0.4, -0.2) is 71.1 Å². The van der Waals surface area contributed by atoms with Crippen LogP contribution in [0.5, 0.6) is 0 Å². The van der Waals surface area contributed by atoms with E-state index in [1.165, 1.54) is 11.8 Å². The third-order valence-electron chi connectivity index (χ3n) is 5.10. The predicted molar refractivity (Wildman–Crippen MR) is 123 cm³/mol. The Morgan fingerprint density at radius 3 is 2.31 bits per heavy atom. The Bertz CT molecular complexity index is 954. The van der Waals surface area contributed by atoms with E-state index in [-0.39, 0.29) is 24.1 Å². The number of aromatic nitrogens is 2. The van der Waals surface area contributed by atoms with Crippen molar-refractivity contribution in [3.05, 3.63) is 48.3 Å². The van der Waals surface area contributed by atoms with Crippen molar-refractivity contribution in [3.8, 4) is 0 Å². The fourth-order valence-corrected chi connectivity index (χ4v) is 3.97. The molecule has 170 valence electrons. The highest BCUT2D eigenvalue weighted by molar-refractivity contribution is 8.00. The van der Waals surface area contributed by atoms with Crippen molar-refractivity contribution >= 4 is 35.4 Å². The number of benzene rings is 1. The number of hydrogen-bond acceptors (Lipinski definition) is 8. The molecule has 1 aromatic heterocycles. The number of thioether (sulfide) groups is 1. The van der Waals surface area contributed by atoms with Crippen LogP contribution in [0.4, 0.5) is 5.95 Å². The number of hydrogen-bond donors (Lipinski definition) is 0. The highest BCUT2D eigenvalue weighted by Crippen LogP contribution is 2.24. The fourth-order valence-electron chi connectivity index (χ4n) is 3.03. The number of ketones is 1. The van der Waals surface area contributed by atoms with E-state index in [1.54, 1.807) is 57.4 Å². The van der Waals surface area contributed by atoms with Crippen molar-refractivity contribution in [1.82, 2.24) is 14.9 Å². The summed E-state index contributed by atoms with van der Waals surface area (Å²) in [6.45, 7) is 7.61. The standard InChI is InChI=1S/C23H28N4O4S/c1-23(2,3)19(28)15-31-21(30)17-7-4-5-8-18(17)32-16-20(29)26-11-13-27(14-12-26)22-24-9-6-10-25-22/h4-10H,11-16H2,1-3H3. The lowest BCUT2D eigenvalue weighted by molar-refractivity contribution is -0.129. The van der Waals surface area contributed by atoms with Crippen LogP contribution in [0.2, 0.25) is 0 Å². The molecule has 0 N–H and O–H groups in total. The van der Waals surface area contributed by atoms with Crippen LogP contribution < -0.4 is 4.90 Å². The Labute approximate surface area is 192 Å². The molecule has 0 atom stereocenters. The zero-order chi connectivity index (χ0) is 23.1. The van der Waals surface area contributed by atoms with Crippen molar-refractivity contribution in [2.75, 3.05) is 43.4 Å². The summed E-state index contributed by atoms with van der Waals surface area (Å²) in [6, 6.07) is 8.75. The number of anilines is 1. The van der Waals surface area contributed by atoms with E-state index >= 15 is 0 Å². The first-order valence-corrected chi connectivity index (χ1v) is 11.5. The van der Waals surface area contributed by atoms with Gasteiger partial charge in [0.25, 0.3) is 0 Å². The summed E-state index contributed by atoms with van der Waals surface area (Å²) in [5.41, 5.74) is -0.212. The normalized spacial score (nSPS) is 14.2. The zero-order valence-corrected chi connectivity index (χ0v) is 19.4. The van der Waals surface area contributed by atoms with Crippen LogP contribution in [-0.2, 0) is 14.3 Å². The van der Waals surface area contributed by atoms with Crippen molar-refractivity contribution in [2.45, 2.75) is 25.7 Å². The van der Waals surface area contributed by atoms with Gasteiger partial charge in [-0.2, -0.15) is 0 Å². The van der Waals surface area contributed by atoms with E-state index in [0.717, 1.165) is 0 Å². The average molecular weight is 457 g/mol. The Morgan fingerprint density at radius 1 is 1.00 bits per heavy atom. The maximum atomic E-state index is 12.7. The largest absolute Gasteiger partial charge is 0.454 e. The van der Waals surface area contributed by atoms with Gasteiger partial charge in [-0.15, -0.1) is 11.8 Å². The summed E-state index contributed by atoms with van der Waals surface area (Å²) in [7, 11) is 0. The fraction of sp³-hybridized carbons (Fsp3) is 0.435. The number of esters is 1. The van der Waals surface area contributed by atoms with Gasteiger partial charge < -0.3 is 14.5 Å². The van der Waals surface area contributed by atoms with Gasteiger partial charge in [0.1, 0.15) is 0 Å². The molecule has 1 aliphatic rings. The van der Waals surface area contributed by atoms with Gasteiger partial charge in [0, 0.05) is 48.9 Å². The van der Waals surface area contributed by atoms with Gasteiger partial charge in [-0.25, -0.2) is 14.8 Å². The van der Waals surface area contributed by atoms with E-state index in [0.29, 0.717) is 42.6 Å². The molecule has 0 saturated carbocycles. The van der Waals surface area contributed by atoms with Crippen LogP contribution in [0.1, 0.15) is 31.1 Å². The first-order chi connectivity index (χ1) is 15.3. The van der Waals surface area contributed by atoms with E-state index in [4.69, 9.17) is 4.74 Å². The molecule has 0 bridgehead atoms. The summed E-state index contributed by atoms with van der Waals surface area (Å²) in [4.78, 5) is 50.3. The number of ether oxygens (including phenoxy) is 1. The number of rotatable bonds is 7. The molecular weight excluding hydrogens is 428 g/mol. The lowest BCUT2D eigenvalue weighted by Gasteiger charge is -2.34. The first-order valence-electron chi connectivity index (χ1n) is 10.5. The highest BCUT2D eigenvalue weighted by atomic mass is 32.2. The van der Waals surface area contributed by atoms with Crippen molar-refractivity contribution < 1.29 is 19.1 Å². The molecule has 0 spiro atoms. The van der Waals surface area contributed by atoms with Crippen LogP contribution in [0.25, 0.3) is 0 Å². The van der Waals surface area contributed by atoms with Gasteiger partial charge in [0.05, 0.1) is 11.3 Å². The molecule has 32 heavy (non-hydrogen) atoms. The Balaban J connectivity index is 1.52. The first kappa shape index (κ1) is 23.7. The summed E-state index contributed by atoms with van der Waals surface area (Å²) < 4.78 is 5.22. The second-order valence-electron chi connectivity index (χ2n) is 8.45. The Hall–Kier alpha value is -2.94. The van der Waals surface area contributed by atoms with Crippen LogP contribution in [0, 0.1) is 5.41 Å². The minimum Gasteiger partial charge on any atom is -0.454 e. The topological polar surface area (TPSA) is 92.7 Å². The molecule has 1 amide bonds. The molecule has 2 aromatic rings. The molecule has 0 aliphatic carbocycles. The molecular formula is C23H28N4O4S. The zero-order valence-electron chi connectivity index (χ0n) is 18.6. The quantitative estimate of drug-likeness (QED) is 0.464. The molecule has 1 fully saturated rings. The number of carbonyl (C=O) groups excluding carboxylic acids is 3. The Morgan fingerprint density at radius 2 is 1.66 bits per heavy atom. The second-order valence-corrected chi connectivity index (χ2v) is 9.47. The molecule has 9 heteroatoms. The summed E-state index contributed by atoms with van der Waals surface area (Å²) in [5, 5.41) is 0. The third-order valence-corrected chi connectivity index (χ3v) is 6.15. The number of carbonyl (C=O) groups is 3. The predicted octanol–water partition coefficient (Wildman–Crippen LogP) is 2.69. The van der Waals surface area contributed by atoms with E-state index in [2.05, 4.69) is 14.9 Å². The van der Waals surface area contributed by atoms with Gasteiger partial charge in [0.2, 0.25) is 11.9 Å². The van der Waals surface area contributed by atoms with E-state index in [1.807, 2.05) is 11.0 Å². The lowest BCUT2D eigenvalue weighted by atomic mass is 9.91. The van der Waals surface area contributed by atoms with Gasteiger partial charge >= 0.3 is 5.97 Å². The van der Waals surface area contributed by atoms with Crippen LogP contribution >= 0.6 is 11.8 Å². The maximum Gasteiger partial charge on any atom is 0.339 e. The summed E-state index contributed by atoms with van der Waals surface area (Å²) in [6.07, 6.45) is 3.41. The van der Waals surface area contributed by atoms with Crippen LogP contribution in [0.15, 0.2) is 47.6 Å². The SMILES string of the molecule is CC(C)(C)C(=O)COC(=O)c1ccccc1SCC(=O)N1CCN(c2ncccn2)CC1. The summed E-state index contributed by atoms with van der Waals surface area (Å²) >= 11 is 1.30. The number of piperazine rings is 1. The van der Waals surface area contributed by atoms with Crippen molar-refractivity contribution in [2.24, 2.45) is 5.41 Å². The minimum absolute atomic E-state index is 0.00899. The van der Waals surface area contributed by atoms with Gasteiger partial charge in [-0.05, 0) is 18.2 Å². The van der Waals surface area contributed by atoms with Crippen molar-refractivity contribution in [3.63, 3.8) is 0 Å². The molecule has 1 aliphatic heterocycles. The van der Waals surface area contributed by atoms with Crippen molar-refractivity contribution in [1.29, 1.82) is 0 Å². The molecule has 1 saturated heterocycles. The number of amides is 1. The van der Waals surface area contributed by atoms with Crippen LogP contribution in [0.3, 0.4) is 0 Å². The van der Waals surface area contributed by atoms with Gasteiger partial charge in [-0.3, -0.25) is 9.59 Å². The third kappa shape index (κ3) is 6.29. The molecule has 1 aromatic carbocycles. The highest BCUT2D eigenvalue weighted by Gasteiger charge is 2.25. The lowest BCUT2D eigenvalue weighted by Crippen LogP contribution is -2.49. The summed E-state index contributed by atoms with van der Waals surface area (Å²) in [5.74, 6) is 0.189. The van der Waals surface area contributed by atoms with Gasteiger partial charge in [-0.1, -0.05) is 32.9 Å². The minimum atomic E-state index is -0.572. The molecule has 2 heterocycles. The molecule has 8 nitrogen and oxygen atoms in total. The van der Waals surface area contributed by atoms with Gasteiger partial charge in [0.15, 0.2) is 12.4 Å². The maximum absolute atomic E-state index is 12.7. The second kappa shape index (κ2) is 10.6. The molecule has 0 unspecified atom stereocenters. The smallest absolute Gasteiger partial charge is 0.339 e. The van der Waals surface area contributed by atoms with E-state index in [9.17, 15) is 14.4 Å². The number of Topliss-reactive ketones (excluding diaryl/α,β-unsaturated/α-hetero) is 1. The van der Waals surface area contributed by atoms with E-state index < -0.39 is 11.4 Å². The Kier molecular flexibility index (Phi) is 7.84.